The molecule has 30 heavy (non-hydrogen) atoms. The van der Waals surface area contributed by atoms with Crippen molar-refractivity contribution in [3.8, 4) is 0 Å². The Hall–Kier alpha value is -1.43. The molecule has 0 bridgehead atoms. The van der Waals surface area contributed by atoms with Crippen LogP contribution in [0.4, 0.5) is 0 Å². The number of carbonyl (C=O) groups is 1. The highest BCUT2D eigenvalue weighted by Crippen LogP contribution is 2.30. The van der Waals surface area contributed by atoms with Crippen LogP contribution >= 0.6 is 0 Å². The standard InChI is InChI=1S/C14H30N2O3.C11H14/c1-3-5-9-12(8-4-2)14(15,13(17)18)10-6-7-11-16-19;1-9-6-7-10-4-2-3-5-11(10)8-9/h12,16,19H,3-11,15H2,1-2H3,(H,17,18);2-5,9H,6-8H2,1H3. The van der Waals surface area contributed by atoms with E-state index in [4.69, 9.17) is 10.9 Å². The summed E-state index contributed by atoms with van der Waals surface area (Å²) in [4.78, 5) is 11.6. The molecule has 0 aromatic heterocycles. The third-order valence-electron chi connectivity index (χ3n) is 6.39. The summed E-state index contributed by atoms with van der Waals surface area (Å²) in [6.45, 7) is 6.99. The van der Waals surface area contributed by atoms with Crippen LogP contribution in [0.2, 0.25) is 0 Å². The van der Waals surface area contributed by atoms with E-state index in [1.165, 1.54) is 19.3 Å². The molecule has 1 aliphatic carbocycles. The van der Waals surface area contributed by atoms with Gasteiger partial charge >= 0.3 is 5.97 Å². The van der Waals surface area contributed by atoms with Crippen molar-refractivity contribution in [2.45, 2.75) is 96.9 Å². The van der Waals surface area contributed by atoms with E-state index in [0.29, 0.717) is 19.4 Å². The van der Waals surface area contributed by atoms with Gasteiger partial charge in [-0.15, -0.1) is 0 Å². The summed E-state index contributed by atoms with van der Waals surface area (Å²) in [5, 5.41) is 18.0. The molecular formula is C25H44N2O3. The van der Waals surface area contributed by atoms with Crippen LogP contribution in [0, 0.1) is 11.8 Å². The summed E-state index contributed by atoms with van der Waals surface area (Å²) in [5.74, 6) is 0.0425. The highest BCUT2D eigenvalue weighted by Gasteiger charge is 2.40. The first-order valence-corrected chi connectivity index (χ1v) is 11.8. The van der Waals surface area contributed by atoms with E-state index in [2.05, 4.69) is 50.5 Å². The predicted molar refractivity (Wildman–Crippen MR) is 124 cm³/mol. The van der Waals surface area contributed by atoms with Gasteiger partial charge in [0, 0.05) is 6.54 Å². The van der Waals surface area contributed by atoms with Crippen LogP contribution in [0.25, 0.3) is 0 Å². The third kappa shape index (κ3) is 8.75. The molecule has 0 radical (unpaired) electrons. The van der Waals surface area contributed by atoms with Crippen LogP contribution in [0.15, 0.2) is 24.3 Å². The minimum atomic E-state index is -1.12. The van der Waals surface area contributed by atoms with Crippen molar-refractivity contribution < 1.29 is 15.1 Å². The van der Waals surface area contributed by atoms with Crippen molar-refractivity contribution >= 4 is 5.97 Å². The number of aliphatic carboxylic acids is 1. The van der Waals surface area contributed by atoms with Gasteiger partial charge in [0.2, 0.25) is 0 Å². The number of carboxylic acids is 1. The number of hydrogen-bond donors (Lipinski definition) is 4. The molecule has 0 fully saturated rings. The third-order valence-corrected chi connectivity index (χ3v) is 6.39. The second-order valence-electron chi connectivity index (χ2n) is 8.96. The summed E-state index contributed by atoms with van der Waals surface area (Å²) in [7, 11) is 0. The Balaban J connectivity index is 0.000000340. The zero-order valence-corrected chi connectivity index (χ0v) is 19.3. The van der Waals surface area contributed by atoms with E-state index in [9.17, 15) is 9.90 Å². The zero-order chi connectivity index (χ0) is 22.4. The molecule has 5 nitrogen and oxygen atoms in total. The highest BCUT2D eigenvalue weighted by molar-refractivity contribution is 5.78. The lowest BCUT2D eigenvalue weighted by Crippen LogP contribution is -2.54. The van der Waals surface area contributed by atoms with Crippen LogP contribution in [-0.2, 0) is 17.6 Å². The topological polar surface area (TPSA) is 95.6 Å². The molecule has 0 saturated heterocycles. The van der Waals surface area contributed by atoms with Gasteiger partial charge in [0.15, 0.2) is 0 Å². The van der Waals surface area contributed by atoms with Crippen LogP contribution < -0.4 is 11.2 Å². The van der Waals surface area contributed by atoms with Crippen LogP contribution in [0.5, 0.6) is 0 Å². The quantitative estimate of drug-likeness (QED) is 0.270. The average molecular weight is 421 g/mol. The fraction of sp³-hybridized carbons (Fsp3) is 0.720. The summed E-state index contributed by atoms with van der Waals surface area (Å²) in [6.07, 6.45) is 10.6. The molecule has 0 amide bonds. The molecule has 1 aromatic carbocycles. The maximum Gasteiger partial charge on any atom is 0.323 e. The predicted octanol–water partition coefficient (Wildman–Crippen LogP) is 5.34. The maximum atomic E-state index is 11.6. The van der Waals surface area contributed by atoms with Crippen molar-refractivity contribution in [2.75, 3.05) is 6.54 Å². The van der Waals surface area contributed by atoms with Crippen molar-refractivity contribution in [2.24, 2.45) is 17.6 Å². The molecule has 5 heteroatoms. The number of hydroxylamine groups is 1. The van der Waals surface area contributed by atoms with Gasteiger partial charge < -0.3 is 16.0 Å². The molecule has 1 aromatic rings. The normalized spacial score (nSPS) is 18.5. The molecule has 0 saturated carbocycles. The van der Waals surface area contributed by atoms with Crippen LogP contribution in [-0.4, -0.2) is 28.4 Å². The number of nitrogens with two attached hydrogens (primary N) is 1. The van der Waals surface area contributed by atoms with E-state index in [-0.39, 0.29) is 5.92 Å². The Kier molecular flexibility index (Phi) is 12.9. The van der Waals surface area contributed by atoms with Gasteiger partial charge in [0.25, 0.3) is 0 Å². The Labute approximate surface area is 183 Å². The van der Waals surface area contributed by atoms with E-state index in [0.717, 1.165) is 44.4 Å². The first-order chi connectivity index (χ1) is 14.4. The van der Waals surface area contributed by atoms with E-state index < -0.39 is 11.5 Å². The molecule has 3 unspecified atom stereocenters. The number of rotatable bonds is 12. The Bertz CT molecular complexity index is 608. The number of unbranched alkanes of at least 4 members (excludes halogenated alkanes) is 2. The second-order valence-corrected chi connectivity index (χ2v) is 8.96. The van der Waals surface area contributed by atoms with Crippen molar-refractivity contribution in [1.29, 1.82) is 0 Å². The average Bonchev–Trinajstić information content (AvgIpc) is 2.74. The largest absolute Gasteiger partial charge is 0.480 e. The molecular weight excluding hydrogens is 376 g/mol. The Morgan fingerprint density at radius 1 is 1.17 bits per heavy atom. The molecule has 0 spiro atoms. The molecule has 5 N–H and O–H groups in total. The number of benzene rings is 1. The van der Waals surface area contributed by atoms with Gasteiger partial charge in [0.05, 0.1) is 0 Å². The van der Waals surface area contributed by atoms with Crippen molar-refractivity contribution in [1.82, 2.24) is 5.48 Å². The fourth-order valence-electron chi connectivity index (χ4n) is 4.45. The first-order valence-electron chi connectivity index (χ1n) is 11.8. The number of aryl methyl sites for hydroxylation is 1. The van der Waals surface area contributed by atoms with Gasteiger partial charge in [-0.05, 0) is 74.3 Å². The second kappa shape index (κ2) is 14.6. The Morgan fingerprint density at radius 3 is 2.47 bits per heavy atom. The van der Waals surface area contributed by atoms with Crippen molar-refractivity contribution in [3.63, 3.8) is 0 Å². The number of nitrogens with one attached hydrogen (secondary N) is 1. The smallest absolute Gasteiger partial charge is 0.323 e. The lowest BCUT2D eigenvalue weighted by atomic mass is 9.75. The molecule has 172 valence electrons. The zero-order valence-electron chi connectivity index (χ0n) is 19.3. The molecule has 3 atom stereocenters. The van der Waals surface area contributed by atoms with Crippen LogP contribution in [0.3, 0.4) is 0 Å². The van der Waals surface area contributed by atoms with E-state index in [1.54, 1.807) is 11.1 Å². The van der Waals surface area contributed by atoms with Crippen molar-refractivity contribution in [3.05, 3.63) is 35.4 Å². The Morgan fingerprint density at radius 2 is 1.87 bits per heavy atom. The lowest BCUT2D eigenvalue weighted by molar-refractivity contribution is -0.146. The number of fused-ring (bicyclic) bond motifs is 1. The van der Waals surface area contributed by atoms with Gasteiger partial charge in [0.1, 0.15) is 5.54 Å². The number of hydrogen-bond acceptors (Lipinski definition) is 4. The van der Waals surface area contributed by atoms with Gasteiger partial charge in [-0.1, -0.05) is 64.3 Å². The lowest BCUT2D eigenvalue weighted by Gasteiger charge is -2.34. The molecule has 1 aliphatic rings. The first kappa shape index (κ1) is 26.6. The monoisotopic (exact) mass is 420 g/mol. The summed E-state index contributed by atoms with van der Waals surface area (Å²) in [6, 6.07) is 8.83. The molecule has 2 rings (SSSR count). The van der Waals surface area contributed by atoms with E-state index in [1.807, 2.05) is 0 Å². The highest BCUT2D eigenvalue weighted by atomic mass is 16.5. The van der Waals surface area contributed by atoms with Gasteiger partial charge in [-0.2, -0.15) is 0 Å². The summed E-state index contributed by atoms with van der Waals surface area (Å²) in [5.41, 5.74) is 10.3. The minimum Gasteiger partial charge on any atom is -0.480 e. The van der Waals surface area contributed by atoms with Gasteiger partial charge in [-0.3, -0.25) is 4.79 Å². The van der Waals surface area contributed by atoms with Crippen LogP contribution in [0.1, 0.15) is 89.7 Å². The number of carboxylic acid groups (broad SMARTS) is 1. The molecule has 0 aliphatic heterocycles. The van der Waals surface area contributed by atoms with E-state index >= 15 is 0 Å². The summed E-state index contributed by atoms with van der Waals surface area (Å²) >= 11 is 0. The maximum absolute atomic E-state index is 11.6. The SMILES string of the molecule is CC1CCc2ccccc2C1.CCCCC(CCC)C(N)(CCCCNO)C(=O)O. The van der Waals surface area contributed by atoms with Gasteiger partial charge in [-0.25, -0.2) is 5.48 Å². The summed E-state index contributed by atoms with van der Waals surface area (Å²) < 4.78 is 0. The minimum absolute atomic E-state index is 0.0389. The molecule has 0 heterocycles. The fourth-order valence-corrected chi connectivity index (χ4v) is 4.45.